The lowest BCUT2D eigenvalue weighted by molar-refractivity contribution is 0.398. The number of methoxy groups -OCH3 is 1. The van der Waals surface area contributed by atoms with Gasteiger partial charge < -0.3 is 4.74 Å². The standard InChI is InChI=1S/C20H15N3O/c1-24-20-11-10-16(12-22-20)14-6-8-15(9-7-14)19-13-21-17-4-2-3-5-18(17)23-19/h2-13H,1H3. The van der Waals surface area contributed by atoms with Crippen LogP contribution in [0.2, 0.25) is 0 Å². The highest BCUT2D eigenvalue weighted by atomic mass is 16.5. The van der Waals surface area contributed by atoms with Crippen molar-refractivity contribution in [1.29, 1.82) is 0 Å². The van der Waals surface area contributed by atoms with Crippen LogP contribution < -0.4 is 4.74 Å². The Kier molecular flexibility index (Phi) is 3.63. The summed E-state index contributed by atoms with van der Waals surface area (Å²) in [6.07, 6.45) is 3.62. The van der Waals surface area contributed by atoms with Gasteiger partial charge in [0.05, 0.1) is 30.0 Å². The van der Waals surface area contributed by atoms with Gasteiger partial charge in [-0.2, -0.15) is 0 Å². The van der Waals surface area contributed by atoms with Gasteiger partial charge >= 0.3 is 0 Å². The highest BCUT2D eigenvalue weighted by Crippen LogP contribution is 2.25. The molecule has 0 unspecified atom stereocenters. The summed E-state index contributed by atoms with van der Waals surface area (Å²) in [4.78, 5) is 13.4. The number of ether oxygens (including phenoxy) is 1. The van der Waals surface area contributed by atoms with Crippen LogP contribution in [0.4, 0.5) is 0 Å². The van der Waals surface area contributed by atoms with Gasteiger partial charge in [-0.3, -0.25) is 4.98 Å². The molecule has 4 rings (SSSR count). The molecule has 4 aromatic rings. The molecule has 116 valence electrons. The van der Waals surface area contributed by atoms with Crippen molar-refractivity contribution in [2.75, 3.05) is 7.11 Å². The maximum absolute atomic E-state index is 5.09. The second-order valence-electron chi connectivity index (χ2n) is 5.41. The van der Waals surface area contributed by atoms with Gasteiger partial charge in [0.2, 0.25) is 5.88 Å². The molecule has 0 saturated carbocycles. The SMILES string of the molecule is COc1ccc(-c2ccc(-c3cnc4ccccc4n3)cc2)cn1. The minimum absolute atomic E-state index is 0.613. The first-order valence-corrected chi connectivity index (χ1v) is 7.66. The molecule has 2 aromatic heterocycles. The molecule has 0 saturated heterocycles. The Morgan fingerprint density at radius 3 is 2.08 bits per heavy atom. The Balaban J connectivity index is 1.66. The number of pyridine rings is 1. The van der Waals surface area contributed by atoms with Crippen molar-refractivity contribution in [2.45, 2.75) is 0 Å². The van der Waals surface area contributed by atoms with Gasteiger partial charge in [-0.05, 0) is 23.8 Å². The largest absolute Gasteiger partial charge is 0.481 e. The zero-order valence-corrected chi connectivity index (χ0v) is 13.2. The highest BCUT2D eigenvalue weighted by molar-refractivity contribution is 5.77. The third-order valence-corrected chi connectivity index (χ3v) is 3.91. The summed E-state index contributed by atoms with van der Waals surface area (Å²) in [5.41, 5.74) is 5.86. The number of fused-ring (bicyclic) bond motifs is 1. The first-order valence-electron chi connectivity index (χ1n) is 7.66. The van der Waals surface area contributed by atoms with E-state index in [4.69, 9.17) is 4.74 Å². The van der Waals surface area contributed by atoms with E-state index >= 15 is 0 Å². The minimum atomic E-state index is 0.613. The van der Waals surface area contributed by atoms with Crippen molar-refractivity contribution in [3.05, 3.63) is 73.1 Å². The first kappa shape index (κ1) is 14.3. The molecule has 0 fully saturated rings. The Morgan fingerprint density at radius 2 is 1.38 bits per heavy atom. The Bertz CT molecular complexity index is 980. The van der Waals surface area contributed by atoms with Gasteiger partial charge in [0.1, 0.15) is 0 Å². The number of para-hydroxylation sites is 2. The van der Waals surface area contributed by atoms with Gasteiger partial charge in [0.15, 0.2) is 0 Å². The van der Waals surface area contributed by atoms with Gasteiger partial charge in [-0.1, -0.05) is 36.4 Å². The molecule has 0 aliphatic rings. The van der Waals surface area contributed by atoms with E-state index in [1.54, 1.807) is 7.11 Å². The van der Waals surface area contributed by atoms with Gasteiger partial charge in [0, 0.05) is 23.4 Å². The summed E-state index contributed by atoms with van der Waals surface area (Å²) in [6, 6.07) is 20.0. The molecule has 4 heteroatoms. The maximum atomic E-state index is 5.09. The topological polar surface area (TPSA) is 47.9 Å². The zero-order valence-electron chi connectivity index (χ0n) is 13.2. The number of hydrogen-bond acceptors (Lipinski definition) is 4. The van der Waals surface area contributed by atoms with Crippen LogP contribution in [0.1, 0.15) is 0 Å². The molecule has 0 amide bonds. The average molecular weight is 313 g/mol. The van der Waals surface area contributed by atoms with Crippen molar-refractivity contribution in [3.63, 3.8) is 0 Å². The summed E-state index contributed by atoms with van der Waals surface area (Å²) in [5.74, 6) is 0.613. The van der Waals surface area contributed by atoms with Crippen molar-refractivity contribution in [3.8, 4) is 28.3 Å². The lowest BCUT2D eigenvalue weighted by Crippen LogP contribution is -1.89. The Labute approximate surface area is 139 Å². The first-order chi connectivity index (χ1) is 11.8. The molecule has 0 atom stereocenters. The molecule has 0 bridgehead atoms. The van der Waals surface area contributed by atoms with Crippen LogP contribution in [0.5, 0.6) is 5.88 Å². The second-order valence-corrected chi connectivity index (χ2v) is 5.41. The van der Waals surface area contributed by atoms with Crippen LogP contribution in [0.3, 0.4) is 0 Å². The van der Waals surface area contributed by atoms with Gasteiger partial charge in [-0.15, -0.1) is 0 Å². The number of aromatic nitrogens is 3. The third-order valence-electron chi connectivity index (χ3n) is 3.91. The molecule has 0 radical (unpaired) electrons. The monoisotopic (exact) mass is 313 g/mol. The Hall–Kier alpha value is -3.27. The lowest BCUT2D eigenvalue weighted by atomic mass is 10.0. The van der Waals surface area contributed by atoms with E-state index in [0.29, 0.717) is 5.88 Å². The van der Waals surface area contributed by atoms with E-state index in [2.05, 4.69) is 39.2 Å². The molecule has 0 aliphatic heterocycles. The molecule has 2 aromatic carbocycles. The molecular weight excluding hydrogens is 298 g/mol. The number of rotatable bonds is 3. The molecule has 2 heterocycles. The van der Waals surface area contributed by atoms with Gasteiger partial charge in [-0.25, -0.2) is 9.97 Å². The predicted molar refractivity (Wildman–Crippen MR) is 94.8 cm³/mol. The summed E-state index contributed by atoms with van der Waals surface area (Å²) in [7, 11) is 1.61. The number of hydrogen-bond donors (Lipinski definition) is 0. The molecule has 0 spiro atoms. The summed E-state index contributed by atoms with van der Waals surface area (Å²) < 4.78 is 5.09. The quantitative estimate of drug-likeness (QED) is 0.563. The van der Waals surface area contributed by atoms with Crippen molar-refractivity contribution < 1.29 is 4.74 Å². The van der Waals surface area contributed by atoms with Crippen molar-refractivity contribution in [2.24, 2.45) is 0 Å². The van der Waals surface area contributed by atoms with E-state index < -0.39 is 0 Å². The fourth-order valence-electron chi connectivity index (χ4n) is 2.60. The van der Waals surface area contributed by atoms with Crippen LogP contribution >= 0.6 is 0 Å². The number of nitrogens with zero attached hydrogens (tertiary/aromatic N) is 3. The molecule has 4 nitrogen and oxygen atoms in total. The predicted octanol–water partition coefficient (Wildman–Crippen LogP) is 4.37. The average Bonchev–Trinajstić information content (AvgIpc) is 2.68. The smallest absolute Gasteiger partial charge is 0.212 e. The molecule has 0 N–H and O–H groups in total. The maximum Gasteiger partial charge on any atom is 0.212 e. The lowest BCUT2D eigenvalue weighted by Gasteiger charge is -2.06. The zero-order chi connectivity index (χ0) is 16.4. The van der Waals surface area contributed by atoms with E-state index in [9.17, 15) is 0 Å². The molecule has 0 aliphatic carbocycles. The highest BCUT2D eigenvalue weighted by Gasteiger charge is 2.04. The summed E-state index contributed by atoms with van der Waals surface area (Å²) in [5, 5.41) is 0. The minimum Gasteiger partial charge on any atom is -0.481 e. The second kappa shape index (κ2) is 6.08. The van der Waals surface area contributed by atoms with E-state index in [1.807, 2.05) is 48.8 Å². The normalized spacial score (nSPS) is 10.7. The fraction of sp³-hybridized carbons (Fsp3) is 0.0500. The van der Waals surface area contributed by atoms with Gasteiger partial charge in [0.25, 0.3) is 0 Å². The van der Waals surface area contributed by atoms with E-state index in [1.165, 1.54) is 0 Å². The van der Waals surface area contributed by atoms with Crippen LogP contribution in [0.25, 0.3) is 33.4 Å². The summed E-state index contributed by atoms with van der Waals surface area (Å²) >= 11 is 0. The third kappa shape index (κ3) is 2.70. The number of benzene rings is 2. The van der Waals surface area contributed by atoms with Crippen molar-refractivity contribution >= 4 is 11.0 Å². The van der Waals surface area contributed by atoms with E-state index in [-0.39, 0.29) is 0 Å². The van der Waals surface area contributed by atoms with Crippen LogP contribution in [-0.2, 0) is 0 Å². The van der Waals surface area contributed by atoms with E-state index in [0.717, 1.165) is 33.4 Å². The van der Waals surface area contributed by atoms with Crippen molar-refractivity contribution in [1.82, 2.24) is 15.0 Å². The molecule has 24 heavy (non-hydrogen) atoms. The van der Waals surface area contributed by atoms with Crippen LogP contribution in [-0.4, -0.2) is 22.1 Å². The van der Waals surface area contributed by atoms with Crippen LogP contribution in [0, 0.1) is 0 Å². The van der Waals surface area contributed by atoms with Crippen LogP contribution in [0.15, 0.2) is 73.1 Å². The fourth-order valence-corrected chi connectivity index (χ4v) is 2.60. The summed E-state index contributed by atoms with van der Waals surface area (Å²) in [6.45, 7) is 0. The Morgan fingerprint density at radius 1 is 0.667 bits per heavy atom. The molecular formula is C20H15N3O.